The molecule has 1 aliphatic rings. The van der Waals surface area contributed by atoms with Crippen molar-refractivity contribution in [1.29, 1.82) is 0 Å². The first-order valence-electron chi connectivity index (χ1n) is 12.6. The number of nitrogens with one attached hydrogen (secondary N) is 3. The lowest BCUT2D eigenvalue weighted by molar-refractivity contribution is 0.0527. The number of aromatic amines is 1. The van der Waals surface area contributed by atoms with Crippen LogP contribution in [0.1, 0.15) is 62.7 Å². The first-order chi connectivity index (χ1) is 19.1. The molecule has 0 aromatic carbocycles. The van der Waals surface area contributed by atoms with E-state index in [0.717, 1.165) is 11.3 Å². The number of esters is 1. The molecule has 3 aromatic heterocycles. The Kier molecular flexibility index (Phi) is 9.66. The zero-order valence-electron chi connectivity index (χ0n) is 22.4. The quantitative estimate of drug-likeness (QED) is 0.293. The van der Waals surface area contributed by atoms with Gasteiger partial charge in [-0.15, -0.1) is 0 Å². The number of thiazole rings is 1. The molecule has 1 saturated heterocycles. The highest BCUT2D eigenvalue weighted by molar-refractivity contribution is 7.17. The maximum atomic E-state index is 13.1. The van der Waals surface area contributed by atoms with Crippen LogP contribution in [0.15, 0.2) is 12.7 Å². The van der Waals surface area contributed by atoms with Gasteiger partial charge in [-0.2, -0.15) is 5.10 Å². The van der Waals surface area contributed by atoms with Crippen molar-refractivity contribution in [3.63, 3.8) is 0 Å². The fraction of sp³-hybridized carbons (Fsp3) is 0.500. The molecule has 13 nitrogen and oxygen atoms in total. The van der Waals surface area contributed by atoms with E-state index < -0.39 is 17.8 Å². The first kappa shape index (κ1) is 29.8. The summed E-state index contributed by atoms with van der Waals surface area (Å²) in [7, 11) is 1.54. The van der Waals surface area contributed by atoms with Crippen LogP contribution in [0.2, 0.25) is 10.0 Å². The van der Waals surface area contributed by atoms with Crippen molar-refractivity contribution in [3.05, 3.63) is 44.7 Å². The van der Waals surface area contributed by atoms with Crippen molar-refractivity contribution in [2.45, 2.75) is 45.3 Å². The average molecular weight is 614 g/mol. The summed E-state index contributed by atoms with van der Waals surface area (Å²) in [5, 5.41) is 11.1. The third-order valence-corrected chi connectivity index (χ3v) is 8.36. The number of H-pyrrole nitrogens is 1. The second-order valence-electron chi connectivity index (χ2n) is 9.23. The van der Waals surface area contributed by atoms with Crippen molar-refractivity contribution in [2.75, 3.05) is 38.3 Å². The van der Waals surface area contributed by atoms with Crippen molar-refractivity contribution in [1.82, 2.24) is 35.4 Å². The second-order valence-corrected chi connectivity index (χ2v) is 11.0. The number of hydrogen-bond donors (Lipinski definition) is 3. The van der Waals surface area contributed by atoms with E-state index in [-0.39, 0.29) is 46.0 Å². The maximum Gasteiger partial charge on any atom is 0.350 e. The van der Waals surface area contributed by atoms with Crippen LogP contribution >= 0.6 is 34.5 Å². The monoisotopic (exact) mass is 612 g/mol. The van der Waals surface area contributed by atoms with E-state index in [0.29, 0.717) is 42.0 Å². The number of aryl methyl sites for hydroxylation is 1. The van der Waals surface area contributed by atoms with Crippen LogP contribution < -0.4 is 15.5 Å². The highest BCUT2D eigenvalue weighted by Gasteiger charge is 2.36. The van der Waals surface area contributed by atoms with Gasteiger partial charge in [0.1, 0.15) is 23.2 Å². The van der Waals surface area contributed by atoms with Gasteiger partial charge < -0.3 is 30.0 Å². The van der Waals surface area contributed by atoms with E-state index in [1.165, 1.54) is 13.4 Å². The van der Waals surface area contributed by atoms with E-state index in [9.17, 15) is 14.4 Å². The maximum absolute atomic E-state index is 13.1. The van der Waals surface area contributed by atoms with E-state index in [1.54, 1.807) is 31.8 Å². The minimum atomic E-state index is -0.623. The van der Waals surface area contributed by atoms with Gasteiger partial charge in [0.2, 0.25) is 0 Å². The average Bonchev–Trinajstić information content (AvgIpc) is 3.66. The number of halogens is 2. The van der Waals surface area contributed by atoms with Gasteiger partial charge in [0.25, 0.3) is 11.8 Å². The van der Waals surface area contributed by atoms with E-state index in [4.69, 9.17) is 32.7 Å². The fourth-order valence-corrected chi connectivity index (χ4v) is 5.82. The highest BCUT2D eigenvalue weighted by Crippen LogP contribution is 2.33. The number of hydrogen-bond acceptors (Lipinski definition) is 10. The van der Waals surface area contributed by atoms with Crippen LogP contribution in [-0.4, -0.2) is 88.0 Å². The van der Waals surface area contributed by atoms with Crippen molar-refractivity contribution in [3.8, 4) is 0 Å². The number of anilines is 1. The molecule has 3 N–H and O–H groups in total. The molecule has 0 spiro atoms. The topological polar surface area (TPSA) is 156 Å². The molecule has 2 unspecified atom stereocenters. The number of carbonyl (C=O) groups excluding carboxylic acids is 3. The molecular weight excluding hydrogens is 583 g/mol. The van der Waals surface area contributed by atoms with E-state index in [1.807, 2.05) is 4.90 Å². The van der Waals surface area contributed by atoms with Crippen molar-refractivity contribution in [2.24, 2.45) is 0 Å². The minimum absolute atomic E-state index is 0.0113. The Labute approximate surface area is 244 Å². The summed E-state index contributed by atoms with van der Waals surface area (Å²) < 4.78 is 11.9. The van der Waals surface area contributed by atoms with Crippen molar-refractivity contribution < 1.29 is 23.9 Å². The molecule has 216 valence electrons. The number of nitrogens with zero attached hydrogens (tertiary/aromatic N) is 5. The summed E-state index contributed by atoms with van der Waals surface area (Å²) >= 11 is 13.5. The molecular formula is C24H30Cl2N8O5S. The number of rotatable bonds is 10. The fourth-order valence-electron chi connectivity index (χ4n) is 4.42. The zero-order chi connectivity index (χ0) is 29.0. The first-order valence-corrected chi connectivity index (χ1v) is 14.1. The molecule has 1 fully saturated rings. The number of carbonyl (C=O) groups is 3. The van der Waals surface area contributed by atoms with Crippen LogP contribution in [0.5, 0.6) is 0 Å². The van der Waals surface area contributed by atoms with E-state index >= 15 is 0 Å². The molecule has 0 saturated carbocycles. The zero-order valence-corrected chi connectivity index (χ0v) is 24.7. The summed E-state index contributed by atoms with van der Waals surface area (Å²) in [4.78, 5) is 52.4. The summed E-state index contributed by atoms with van der Waals surface area (Å²) in [5.41, 5.74) is 0.765. The van der Waals surface area contributed by atoms with Gasteiger partial charge in [-0.3, -0.25) is 9.59 Å². The summed E-state index contributed by atoms with van der Waals surface area (Å²) in [5.74, 6) is -1.52. The normalized spacial score (nSPS) is 17.9. The standard InChI is InChI=1S/C24H30Cl2N8O5S/c1-5-39-23(37)20-19(22(36)29-12(2)9-38-4)32-24(40-20)33-7-6-14(15(8-33)34-11-27-10-28-34)31-21(35)18-17(26)16(25)13(3)30-18/h10-12,14-15,30H,5-9H2,1-4H3,(H,29,36)(H,31,35)/t12-,14?,15?/m0/s1. The molecule has 4 rings (SSSR count). The number of amides is 2. The van der Waals surface area contributed by atoms with Crippen LogP contribution in [-0.2, 0) is 9.47 Å². The number of piperidine rings is 1. The van der Waals surface area contributed by atoms with Crippen LogP contribution in [0.4, 0.5) is 5.13 Å². The Morgan fingerprint density at radius 3 is 2.67 bits per heavy atom. The Morgan fingerprint density at radius 1 is 1.27 bits per heavy atom. The lowest BCUT2D eigenvalue weighted by atomic mass is 9.99. The third kappa shape index (κ3) is 6.40. The molecule has 0 aliphatic carbocycles. The summed E-state index contributed by atoms with van der Waals surface area (Å²) in [6, 6.07) is -0.980. The minimum Gasteiger partial charge on any atom is -0.462 e. The number of ether oxygens (including phenoxy) is 2. The lowest BCUT2D eigenvalue weighted by Crippen LogP contribution is -2.52. The molecule has 0 bridgehead atoms. The second kappa shape index (κ2) is 13.0. The molecule has 0 radical (unpaired) electrons. The van der Waals surface area contributed by atoms with Gasteiger partial charge in [-0.05, 0) is 27.2 Å². The van der Waals surface area contributed by atoms with E-state index in [2.05, 4.69) is 30.7 Å². The lowest BCUT2D eigenvalue weighted by Gasteiger charge is -2.38. The Morgan fingerprint density at radius 2 is 2.05 bits per heavy atom. The highest BCUT2D eigenvalue weighted by atomic mass is 35.5. The van der Waals surface area contributed by atoms with Crippen molar-refractivity contribution >= 4 is 57.5 Å². The molecule has 40 heavy (non-hydrogen) atoms. The molecule has 16 heteroatoms. The molecule has 2 amide bonds. The Balaban J connectivity index is 1.58. The number of methoxy groups -OCH3 is 1. The van der Waals surface area contributed by atoms with Crippen LogP contribution in [0.3, 0.4) is 0 Å². The van der Waals surface area contributed by atoms with Gasteiger partial charge in [-0.25, -0.2) is 19.4 Å². The summed E-state index contributed by atoms with van der Waals surface area (Å²) in [6.45, 7) is 6.51. The predicted molar refractivity (Wildman–Crippen MR) is 150 cm³/mol. The molecule has 4 heterocycles. The SMILES string of the molecule is CCOC(=O)c1sc(N2CCC(NC(=O)c3[nH]c(C)c(Cl)c3Cl)C(n3cncn3)C2)nc1C(=O)N[C@@H](C)COC. The summed E-state index contributed by atoms with van der Waals surface area (Å²) in [6.07, 6.45) is 3.48. The Bertz CT molecular complexity index is 1360. The van der Waals surface area contributed by atoms with Gasteiger partial charge in [0.15, 0.2) is 10.8 Å². The van der Waals surface area contributed by atoms with Gasteiger partial charge in [0.05, 0.1) is 35.3 Å². The van der Waals surface area contributed by atoms with Gasteiger partial charge in [0, 0.05) is 31.9 Å². The van der Waals surface area contributed by atoms with Gasteiger partial charge >= 0.3 is 5.97 Å². The number of aromatic nitrogens is 5. The molecule has 3 aromatic rings. The molecule has 1 aliphatic heterocycles. The van der Waals surface area contributed by atoms with Crippen LogP contribution in [0.25, 0.3) is 0 Å². The predicted octanol–water partition coefficient (Wildman–Crippen LogP) is 2.87. The van der Waals surface area contributed by atoms with Crippen LogP contribution in [0, 0.1) is 6.92 Å². The smallest absolute Gasteiger partial charge is 0.350 e. The largest absolute Gasteiger partial charge is 0.462 e. The Hall–Kier alpha value is -3.20. The third-order valence-electron chi connectivity index (χ3n) is 6.31. The van der Waals surface area contributed by atoms with Gasteiger partial charge in [-0.1, -0.05) is 34.5 Å². The molecule has 3 atom stereocenters.